The molecule has 0 aromatic heterocycles. The smallest absolute Gasteiger partial charge is 0.237 e. The third-order valence-electron chi connectivity index (χ3n) is 3.50. The summed E-state index contributed by atoms with van der Waals surface area (Å²) >= 11 is 0. The molecule has 0 saturated heterocycles. The molecular weight excluding hydrogens is 288 g/mol. The van der Waals surface area contributed by atoms with Crippen LogP contribution in [-0.2, 0) is 14.6 Å². The highest BCUT2D eigenvalue weighted by molar-refractivity contribution is 7.92. The van der Waals surface area contributed by atoms with Gasteiger partial charge in [0.05, 0.1) is 17.0 Å². The average molecular weight is 320 g/mol. The number of hydrogen-bond acceptors (Lipinski definition) is 4. The lowest BCUT2D eigenvalue weighted by Gasteiger charge is -2.19. The normalized spacial score (nSPS) is 13.7. The lowest BCUT2D eigenvalue weighted by molar-refractivity contribution is -0.121. The third kappa shape index (κ3) is 8.41. The maximum Gasteiger partial charge on any atom is 0.237 e. The Kier molecular flexibility index (Phi) is 9.86. The molecule has 0 aliphatic rings. The number of amides is 1. The van der Waals surface area contributed by atoms with Crippen LogP contribution in [0.5, 0.6) is 0 Å². The first-order valence-electron chi connectivity index (χ1n) is 7.99. The fraction of sp³-hybridized carbons (Fsp3) is 0.933. The van der Waals surface area contributed by atoms with Crippen LogP contribution in [0.2, 0.25) is 0 Å². The lowest BCUT2D eigenvalue weighted by Crippen LogP contribution is -2.46. The van der Waals surface area contributed by atoms with Gasteiger partial charge in [0.1, 0.15) is 0 Å². The van der Waals surface area contributed by atoms with Crippen LogP contribution in [0.4, 0.5) is 0 Å². The van der Waals surface area contributed by atoms with E-state index in [0.29, 0.717) is 25.3 Å². The zero-order valence-electron chi connectivity index (χ0n) is 13.9. The van der Waals surface area contributed by atoms with Crippen molar-refractivity contribution in [1.29, 1.82) is 0 Å². The van der Waals surface area contributed by atoms with E-state index in [-0.39, 0.29) is 16.9 Å². The molecule has 0 radical (unpaired) electrons. The minimum absolute atomic E-state index is 0.259. The van der Waals surface area contributed by atoms with E-state index >= 15 is 0 Å². The Hall–Kier alpha value is -0.620. The van der Waals surface area contributed by atoms with E-state index in [2.05, 4.69) is 19.2 Å². The van der Waals surface area contributed by atoms with Crippen molar-refractivity contribution in [3.05, 3.63) is 0 Å². The highest BCUT2D eigenvalue weighted by atomic mass is 32.2. The molecule has 1 amide bonds. The number of nitrogens with one attached hydrogen (secondary N) is 1. The van der Waals surface area contributed by atoms with Crippen molar-refractivity contribution in [2.45, 2.75) is 71.1 Å². The van der Waals surface area contributed by atoms with Crippen LogP contribution in [0.25, 0.3) is 0 Å². The molecule has 0 aromatic carbocycles. The molecule has 0 rings (SSSR count). The van der Waals surface area contributed by atoms with Gasteiger partial charge in [-0.2, -0.15) is 0 Å². The molecule has 0 aromatic rings. The molecule has 0 fully saturated rings. The highest BCUT2D eigenvalue weighted by Crippen LogP contribution is 2.16. The van der Waals surface area contributed by atoms with E-state index in [4.69, 9.17) is 5.73 Å². The van der Waals surface area contributed by atoms with Gasteiger partial charge in [-0.15, -0.1) is 0 Å². The van der Waals surface area contributed by atoms with Crippen LogP contribution < -0.4 is 11.1 Å². The summed E-state index contributed by atoms with van der Waals surface area (Å²) in [6, 6.07) is -0.974. The third-order valence-corrected chi connectivity index (χ3v) is 5.81. The molecular formula is C15H32N2O3S. The lowest BCUT2D eigenvalue weighted by atomic mass is 10.1. The van der Waals surface area contributed by atoms with Gasteiger partial charge in [0.25, 0.3) is 0 Å². The van der Waals surface area contributed by atoms with Gasteiger partial charge in [0, 0.05) is 6.54 Å². The first kappa shape index (κ1) is 20.4. The van der Waals surface area contributed by atoms with E-state index in [1.165, 1.54) is 0 Å². The first-order chi connectivity index (χ1) is 9.74. The Balaban J connectivity index is 4.50. The predicted octanol–water partition coefficient (Wildman–Crippen LogP) is 1.86. The molecule has 0 aliphatic carbocycles. The summed E-state index contributed by atoms with van der Waals surface area (Å²) in [5.74, 6) is -0.139. The molecule has 1 atom stereocenters. The summed E-state index contributed by atoms with van der Waals surface area (Å²) in [6.07, 6.45) is 3.77. The summed E-state index contributed by atoms with van der Waals surface area (Å²) in [5.41, 5.74) is 5.76. The predicted molar refractivity (Wildman–Crippen MR) is 87.8 cm³/mol. The number of nitrogens with two attached hydrogens (primary N) is 1. The minimum atomic E-state index is -3.32. The SMILES string of the molecule is CCCC(CCC)S(=O)(=O)C[C@@H](N)C(=O)NCCC(C)C. The maximum atomic E-state index is 12.3. The van der Waals surface area contributed by atoms with Gasteiger partial charge >= 0.3 is 0 Å². The quantitative estimate of drug-likeness (QED) is 0.608. The molecule has 0 saturated carbocycles. The summed E-state index contributed by atoms with van der Waals surface area (Å²) in [7, 11) is -3.32. The van der Waals surface area contributed by atoms with Crippen molar-refractivity contribution in [1.82, 2.24) is 5.32 Å². The molecule has 0 unspecified atom stereocenters. The molecule has 5 nitrogen and oxygen atoms in total. The van der Waals surface area contributed by atoms with E-state index in [1.807, 2.05) is 13.8 Å². The standard InChI is InChI=1S/C15H32N2O3S/c1-5-7-13(8-6-2)21(19,20)11-14(16)15(18)17-10-9-12(3)4/h12-14H,5-11,16H2,1-4H3,(H,17,18)/t14-/m1/s1. The molecule has 3 N–H and O–H groups in total. The highest BCUT2D eigenvalue weighted by Gasteiger charge is 2.28. The summed E-state index contributed by atoms with van der Waals surface area (Å²) in [4.78, 5) is 11.8. The molecule has 126 valence electrons. The van der Waals surface area contributed by atoms with Crippen molar-refractivity contribution in [3.63, 3.8) is 0 Å². The number of carbonyl (C=O) groups is 1. The largest absolute Gasteiger partial charge is 0.355 e. The van der Waals surface area contributed by atoms with Crippen LogP contribution >= 0.6 is 0 Å². The van der Waals surface area contributed by atoms with Crippen molar-refractivity contribution < 1.29 is 13.2 Å². The zero-order chi connectivity index (χ0) is 16.5. The van der Waals surface area contributed by atoms with Gasteiger partial charge in [0.15, 0.2) is 9.84 Å². The monoisotopic (exact) mass is 320 g/mol. The fourth-order valence-corrected chi connectivity index (χ4v) is 4.34. The fourth-order valence-electron chi connectivity index (χ4n) is 2.22. The summed E-state index contributed by atoms with van der Waals surface area (Å²) in [6.45, 7) is 8.61. The summed E-state index contributed by atoms with van der Waals surface area (Å²) in [5, 5.41) is 2.34. The maximum absolute atomic E-state index is 12.3. The van der Waals surface area contributed by atoms with Crippen molar-refractivity contribution in [2.75, 3.05) is 12.3 Å². The van der Waals surface area contributed by atoms with Crippen LogP contribution in [0.1, 0.15) is 59.8 Å². The van der Waals surface area contributed by atoms with Gasteiger partial charge in [0.2, 0.25) is 5.91 Å². The molecule has 6 heteroatoms. The van der Waals surface area contributed by atoms with Crippen LogP contribution in [0, 0.1) is 5.92 Å². The second kappa shape index (κ2) is 10.2. The topological polar surface area (TPSA) is 89.3 Å². The van der Waals surface area contributed by atoms with Crippen LogP contribution in [0.15, 0.2) is 0 Å². The number of rotatable bonds is 11. The van der Waals surface area contributed by atoms with Crippen LogP contribution in [-0.4, -0.2) is 37.9 Å². The Morgan fingerprint density at radius 3 is 2.05 bits per heavy atom. The van der Waals surface area contributed by atoms with Crippen molar-refractivity contribution in [3.8, 4) is 0 Å². The van der Waals surface area contributed by atoms with Crippen LogP contribution in [0.3, 0.4) is 0 Å². The zero-order valence-corrected chi connectivity index (χ0v) is 14.7. The van der Waals surface area contributed by atoms with Gasteiger partial charge < -0.3 is 11.1 Å². The summed E-state index contributed by atoms with van der Waals surface area (Å²) < 4.78 is 24.7. The Labute approximate surface area is 130 Å². The second-order valence-corrected chi connectivity index (χ2v) is 8.43. The Morgan fingerprint density at radius 2 is 1.62 bits per heavy atom. The van der Waals surface area contributed by atoms with Gasteiger partial charge in [-0.3, -0.25) is 4.79 Å². The Morgan fingerprint density at radius 1 is 1.10 bits per heavy atom. The Bertz CT molecular complexity index is 388. The minimum Gasteiger partial charge on any atom is -0.355 e. The molecule has 0 aliphatic heterocycles. The molecule has 21 heavy (non-hydrogen) atoms. The van der Waals surface area contributed by atoms with E-state index in [9.17, 15) is 13.2 Å². The van der Waals surface area contributed by atoms with Gasteiger partial charge in [-0.1, -0.05) is 40.5 Å². The van der Waals surface area contributed by atoms with Gasteiger partial charge in [-0.05, 0) is 25.2 Å². The van der Waals surface area contributed by atoms with E-state index in [1.54, 1.807) is 0 Å². The number of sulfone groups is 1. The molecule has 0 heterocycles. The molecule has 0 spiro atoms. The van der Waals surface area contributed by atoms with E-state index in [0.717, 1.165) is 19.3 Å². The first-order valence-corrected chi connectivity index (χ1v) is 9.70. The van der Waals surface area contributed by atoms with Crippen molar-refractivity contribution in [2.24, 2.45) is 11.7 Å². The van der Waals surface area contributed by atoms with Gasteiger partial charge in [-0.25, -0.2) is 8.42 Å². The average Bonchev–Trinajstić information content (AvgIpc) is 2.37. The second-order valence-electron chi connectivity index (χ2n) is 6.11. The van der Waals surface area contributed by atoms with E-state index < -0.39 is 15.9 Å². The number of hydrogen-bond donors (Lipinski definition) is 2. The number of carbonyl (C=O) groups excluding carboxylic acids is 1. The van der Waals surface area contributed by atoms with Crippen molar-refractivity contribution >= 4 is 15.7 Å². The molecule has 0 bridgehead atoms.